The van der Waals surface area contributed by atoms with Crippen molar-refractivity contribution in [2.45, 2.75) is 18.6 Å². The summed E-state index contributed by atoms with van der Waals surface area (Å²) in [5, 5.41) is 8.53. The minimum Gasteiger partial charge on any atom is -0.481 e. The van der Waals surface area contributed by atoms with Gasteiger partial charge in [0.05, 0.1) is 5.69 Å². The molecule has 0 aromatic heterocycles. The highest BCUT2D eigenvalue weighted by Gasteiger charge is 2.24. The number of rotatable bonds is 6. The molecule has 0 unspecified atom stereocenters. The zero-order valence-corrected chi connectivity index (χ0v) is 9.95. The van der Waals surface area contributed by atoms with Gasteiger partial charge in [-0.25, -0.2) is 8.42 Å². The van der Waals surface area contributed by atoms with E-state index in [0.717, 1.165) is 0 Å². The highest BCUT2D eigenvalue weighted by atomic mass is 32.2. The number of sulfonamides is 1. The highest BCUT2D eigenvalue weighted by Crippen LogP contribution is 2.20. The van der Waals surface area contributed by atoms with Crippen LogP contribution in [-0.2, 0) is 21.2 Å². The largest absolute Gasteiger partial charge is 0.481 e. The SMILES string of the molecule is O=C(O)CCc1ccccc1NS(=O)(=O)C(F)F. The Morgan fingerprint density at radius 2 is 1.94 bits per heavy atom. The number of carboxylic acids is 1. The summed E-state index contributed by atoms with van der Waals surface area (Å²) in [6.45, 7) is 0. The Bertz CT molecular complexity index is 530. The Morgan fingerprint density at radius 3 is 2.50 bits per heavy atom. The first-order chi connectivity index (χ1) is 8.33. The lowest BCUT2D eigenvalue weighted by atomic mass is 10.1. The molecule has 2 N–H and O–H groups in total. The van der Waals surface area contributed by atoms with Crippen molar-refractivity contribution in [1.82, 2.24) is 0 Å². The Balaban J connectivity index is 2.92. The van der Waals surface area contributed by atoms with Gasteiger partial charge >= 0.3 is 11.7 Å². The molecule has 1 aromatic rings. The maximum Gasteiger partial charge on any atom is 0.355 e. The number of nitrogens with one attached hydrogen (secondary N) is 1. The van der Waals surface area contributed by atoms with Crippen LogP contribution >= 0.6 is 0 Å². The van der Waals surface area contributed by atoms with E-state index in [2.05, 4.69) is 0 Å². The van der Waals surface area contributed by atoms with Gasteiger partial charge in [0.1, 0.15) is 0 Å². The summed E-state index contributed by atoms with van der Waals surface area (Å²) in [5.74, 6) is -4.59. The maximum absolute atomic E-state index is 12.2. The van der Waals surface area contributed by atoms with E-state index in [-0.39, 0.29) is 18.5 Å². The van der Waals surface area contributed by atoms with Crippen LogP contribution in [0.3, 0.4) is 0 Å². The maximum atomic E-state index is 12.2. The van der Waals surface area contributed by atoms with Gasteiger partial charge in [0.15, 0.2) is 0 Å². The second-order valence-electron chi connectivity index (χ2n) is 3.46. The number of hydrogen-bond donors (Lipinski definition) is 2. The van der Waals surface area contributed by atoms with Crippen LogP contribution in [-0.4, -0.2) is 25.3 Å². The summed E-state index contributed by atoms with van der Waals surface area (Å²) in [6.07, 6.45) is -0.162. The van der Waals surface area contributed by atoms with Gasteiger partial charge in [-0.3, -0.25) is 9.52 Å². The molecular weight excluding hydrogens is 268 g/mol. The second kappa shape index (κ2) is 5.76. The predicted molar refractivity (Wildman–Crippen MR) is 60.9 cm³/mol. The number of anilines is 1. The molecule has 0 atom stereocenters. The third-order valence-corrected chi connectivity index (χ3v) is 3.09. The number of aryl methyl sites for hydroxylation is 1. The van der Waals surface area contributed by atoms with Crippen molar-refractivity contribution in [3.8, 4) is 0 Å². The molecule has 0 amide bonds. The zero-order valence-electron chi connectivity index (χ0n) is 9.14. The van der Waals surface area contributed by atoms with Crippen molar-refractivity contribution in [2.24, 2.45) is 0 Å². The molecule has 0 spiro atoms. The number of para-hydroxylation sites is 1. The van der Waals surface area contributed by atoms with Gasteiger partial charge in [0, 0.05) is 6.42 Å². The van der Waals surface area contributed by atoms with Crippen LogP contribution in [0.2, 0.25) is 0 Å². The fraction of sp³-hybridized carbons (Fsp3) is 0.300. The molecule has 0 saturated heterocycles. The molecule has 0 radical (unpaired) electrons. The average molecular weight is 279 g/mol. The van der Waals surface area contributed by atoms with Crippen LogP contribution in [0.1, 0.15) is 12.0 Å². The minimum atomic E-state index is -4.74. The monoisotopic (exact) mass is 279 g/mol. The van der Waals surface area contributed by atoms with Crippen LogP contribution < -0.4 is 4.72 Å². The van der Waals surface area contributed by atoms with Crippen LogP contribution in [0, 0.1) is 0 Å². The molecule has 100 valence electrons. The lowest BCUT2D eigenvalue weighted by Gasteiger charge is -2.11. The first-order valence-corrected chi connectivity index (χ1v) is 6.47. The summed E-state index contributed by atoms with van der Waals surface area (Å²) >= 11 is 0. The van der Waals surface area contributed by atoms with Crippen LogP contribution in [0.25, 0.3) is 0 Å². The highest BCUT2D eigenvalue weighted by molar-refractivity contribution is 7.93. The van der Waals surface area contributed by atoms with Gasteiger partial charge in [-0.05, 0) is 18.1 Å². The summed E-state index contributed by atoms with van der Waals surface area (Å²) in [4.78, 5) is 10.4. The van der Waals surface area contributed by atoms with E-state index in [1.165, 1.54) is 18.2 Å². The Hall–Kier alpha value is -1.70. The molecule has 8 heteroatoms. The van der Waals surface area contributed by atoms with Crippen LogP contribution in [0.15, 0.2) is 24.3 Å². The average Bonchev–Trinajstić information content (AvgIpc) is 2.27. The first-order valence-electron chi connectivity index (χ1n) is 4.92. The number of benzene rings is 1. The molecule has 0 aliphatic carbocycles. The summed E-state index contributed by atoms with van der Waals surface area (Å²) < 4.78 is 48.2. The van der Waals surface area contributed by atoms with E-state index in [0.29, 0.717) is 5.56 Å². The fourth-order valence-electron chi connectivity index (χ4n) is 1.28. The van der Waals surface area contributed by atoms with E-state index >= 15 is 0 Å². The summed E-state index contributed by atoms with van der Waals surface area (Å²) in [5.41, 5.74) is 0.322. The van der Waals surface area contributed by atoms with Crippen molar-refractivity contribution < 1.29 is 27.1 Å². The Kier molecular flexibility index (Phi) is 4.60. The first kappa shape index (κ1) is 14.4. The zero-order chi connectivity index (χ0) is 13.8. The molecule has 0 fully saturated rings. The molecule has 1 rings (SSSR count). The Labute approximate surface area is 102 Å². The van der Waals surface area contributed by atoms with Crippen molar-refractivity contribution in [3.05, 3.63) is 29.8 Å². The predicted octanol–water partition coefficient (Wildman–Crippen LogP) is 1.67. The van der Waals surface area contributed by atoms with Gasteiger partial charge < -0.3 is 5.11 Å². The van der Waals surface area contributed by atoms with Gasteiger partial charge in [-0.1, -0.05) is 18.2 Å². The molecule has 5 nitrogen and oxygen atoms in total. The molecule has 0 heterocycles. The van der Waals surface area contributed by atoms with E-state index in [9.17, 15) is 22.0 Å². The minimum absolute atomic E-state index is 0.0287. The van der Waals surface area contributed by atoms with E-state index < -0.39 is 21.8 Å². The van der Waals surface area contributed by atoms with Gasteiger partial charge in [-0.15, -0.1) is 0 Å². The lowest BCUT2D eigenvalue weighted by Crippen LogP contribution is -2.21. The van der Waals surface area contributed by atoms with Crippen molar-refractivity contribution in [1.29, 1.82) is 0 Å². The molecule has 0 aliphatic rings. The number of carbonyl (C=O) groups is 1. The van der Waals surface area contributed by atoms with Gasteiger partial charge in [0.2, 0.25) is 0 Å². The molecule has 0 bridgehead atoms. The van der Waals surface area contributed by atoms with Gasteiger partial charge in [0.25, 0.3) is 10.0 Å². The van der Waals surface area contributed by atoms with Crippen LogP contribution in [0.4, 0.5) is 14.5 Å². The fourth-order valence-corrected chi connectivity index (χ4v) is 1.87. The number of hydrogen-bond acceptors (Lipinski definition) is 3. The molecule has 18 heavy (non-hydrogen) atoms. The standard InChI is InChI=1S/C10H11F2NO4S/c11-10(12)18(16,17)13-8-4-2-1-3-7(8)5-6-9(14)15/h1-4,10,13H,5-6H2,(H,14,15). The van der Waals surface area contributed by atoms with Gasteiger partial charge in [-0.2, -0.15) is 8.78 Å². The number of aliphatic carboxylic acids is 1. The third kappa shape index (κ3) is 3.95. The van der Waals surface area contributed by atoms with E-state index in [1.54, 1.807) is 10.8 Å². The molecule has 1 aromatic carbocycles. The number of carboxylic acid groups (broad SMARTS) is 1. The summed E-state index contributed by atoms with van der Waals surface area (Å²) in [7, 11) is -4.74. The molecule has 0 aliphatic heterocycles. The van der Waals surface area contributed by atoms with Crippen LogP contribution in [0.5, 0.6) is 0 Å². The van der Waals surface area contributed by atoms with E-state index in [4.69, 9.17) is 5.11 Å². The smallest absolute Gasteiger partial charge is 0.355 e. The summed E-state index contributed by atoms with van der Waals surface area (Å²) in [6, 6.07) is 5.81. The molecular formula is C10H11F2NO4S. The number of halogens is 2. The Morgan fingerprint density at radius 1 is 1.33 bits per heavy atom. The number of alkyl halides is 2. The topological polar surface area (TPSA) is 83.5 Å². The second-order valence-corrected chi connectivity index (χ2v) is 5.11. The third-order valence-electron chi connectivity index (χ3n) is 2.11. The quantitative estimate of drug-likeness (QED) is 0.829. The lowest BCUT2D eigenvalue weighted by molar-refractivity contribution is -0.136. The van der Waals surface area contributed by atoms with Crippen molar-refractivity contribution in [2.75, 3.05) is 4.72 Å². The molecule has 0 saturated carbocycles. The van der Waals surface area contributed by atoms with E-state index in [1.807, 2.05) is 0 Å². The van der Waals surface area contributed by atoms with Crippen molar-refractivity contribution >= 4 is 21.7 Å². The normalized spacial score (nSPS) is 11.5. The van der Waals surface area contributed by atoms with Crippen molar-refractivity contribution in [3.63, 3.8) is 0 Å².